The van der Waals surface area contributed by atoms with Crippen LogP contribution in [0.25, 0.3) is 0 Å². The van der Waals surface area contributed by atoms with Crippen LogP contribution in [0.15, 0.2) is 45.9 Å². The van der Waals surface area contributed by atoms with E-state index >= 15 is 0 Å². The number of nitrogens with one attached hydrogen (secondary N) is 1. The number of hydrogen-bond donors (Lipinski definition) is 1. The molecule has 0 atom stereocenters. The van der Waals surface area contributed by atoms with Gasteiger partial charge >= 0.3 is 0 Å². The molecule has 0 fully saturated rings. The van der Waals surface area contributed by atoms with Crippen molar-refractivity contribution in [1.29, 1.82) is 0 Å². The van der Waals surface area contributed by atoms with E-state index in [1.807, 2.05) is 12.1 Å². The zero-order valence-corrected chi connectivity index (χ0v) is 14.7. The number of hydrazone groups is 1. The number of hydrogen-bond acceptors (Lipinski definition) is 6. The van der Waals surface area contributed by atoms with Gasteiger partial charge in [0.25, 0.3) is 5.91 Å². The zero-order valence-electron chi connectivity index (χ0n) is 14.7. The summed E-state index contributed by atoms with van der Waals surface area (Å²) in [4.78, 5) is 13.9. The summed E-state index contributed by atoms with van der Waals surface area (Å²) in [6.07, 6.45) is 1.45. The maximum Gasteiger partial charge on any atom is 0.277 e. The van der Waals surface area contributed by atoms with Gasteiger partial charge in [-0.25, -0.2) is 5.43 Å². The fourth-order valence-electron chi connectivity index (χ4n) is 2.20. The van der Waals surface area contributed by atoms with Gasteiger partial charge in [0.1, 0.15) is 5.76 Å². The number of methoxy groups -OCH3 is 1. The molecule has 1 aromatic carbocycles. The first-order chi connectivity index (χ1) is 12.2. The van der Waals surface area contributed by atoms with E-state index in [9.17, 15) is 4.79 Å². The predicted octanol–water partition coefficient (Wildman–Crippen LogP) is 2.66. The van der Waals surface area contributed by atoms with Gasteiger partial charge in [-0.15, -0.1) is 0 Å². The lowest BCUT2D eigenvalue weighted by atomic mass is 10.3. The molecule has 25 heavy (non-hydrogen) atoms. The van der Waals surface area contributed by atoms with Gasteiger partial charge in [0, 0.05) is 19.2 Å². The van der Waals surface area contributed by atoms with Crippen LogP contribution in [0.3, 0.4) is 0 Å². The van der Waals surface area contributed by atoms with Gasteiger partial charge < -0.3 is 18.8 Å². The molecule has 0 spiro atoms. The van der Waals surface area contributed by atoms with Crippen molar-refractivity contribution in [1.82, 2.24) is 5.43 Å². The molecule has 0 bridgehead atoms. The van der Waals surface area contributed by atoms with Crippen molar-refractivity contribution in [3.05, 3.63) is 42.2 Å². The molecule has 7 nitrogen and oxygen atoms in total. The molecule has 0 aliphatic carbocycles. The van der Waals surface area contributed by atoms with Gasteiger partial charge in [0.15, 0.2) is 24.0 Å². The Morgan fingerprint density at radius 1 is 1.20 bits per heavy atom. The van der Waals surface area contributed by atoms with Crippen LogP contribution < -0.4 is 19.8 Å². The van der Waals surface area contributed by atoms with Gasteiger partial charge in [0.2, 0.25) is 0 Å². The molecule has 0 saturated carbocycles. The first-order valence-corrected chi connectivity index (χ1v) is 8.10. The fraction of sp³-hybridized carbons (Fsp3) is 0.333. The second kappa shape index (κ2) is 9.36. The standard InChI is InChI=1S/C18H23N3O4/c1-4-21(5-2)18-11-10-14(25-18)12-19-20-17(22)13-24-16-9-7-6-8-15(16)23-3/h6-12H,4-5,13H2,1-3H3,(H,20,22)/b19-12-. The first kappa shape index (κ1) is 18.4. The SMILES string of the molecule is CCN(CC)c1ccc(/C=N\NC(=O)COc2ccccc2OC)o1. The number of rotatable bonds is 9. The van der Waals surface area contributed by atoms with E-state index in [4.69, 9.17) is 13.9 Å². The highest BCUT2D eigenvalue weighted by atomic mass is 16.5. The Labute approximate surface area is 147 Å². The summed E-state index contributed by atoms with van der Waals surface area (Å²) in [5, 5.41) is 3.87. The van der Waals surface area contributed by atoms with Gasteiger partial charge in [0.05, 0.1) is 13.3 Å². The number of anilines is 1. The average molecular weight is 345 g/mol. The number of carbonyl (C=O) groups excluding carboxylic acids is 1. The minimum absolute atomic E-state index is 0.166. The molecule has 134 valence electrons. The Morgan fingerprint density at radius 3 is 2.60 bits per heavy atom. The summed E-state index contributed by atoms with van der Waals surface area (Å²) in [5.74, 6) is 2.03. The number of furan rings is 1. The minimum Gasteiger partial charge on any atom is -0.493 e. The molecule has 1 heterocycles. The maximum atomic E-state index is 11.8. The van der Waals surface area contributed by atoms with Crippen molar-refractivity contribution in [2.24, 2.45) is 5.10 Å². The molecule has 0 aliphatic rings. The molecule has 0 radical (unpaired) electrons. The third-order valence-electron chi connectivity index (χ3n) is 3.50. The molecular weight excluding hydrogens is 322 g/mol. The molecule has 2 rings (SSSR count). The Morgan fingerprint density at radius 2 is 1.92 bits per heavy atom. The summed E-state index contributed by atoms with van der Waals surface area (Å²) in [7, 11) is 1.54. The van der Waals surface area contributed by atoms with Crippen molar-refractivity contribution in [3.63, 3.8) is 0 Å². The minimum atomic E-state index is -0.377. The lowest BCUT2D eigenvalue weighted by molar-refractivity contribution is -0.123. The zero-order chi connectivity index (χ0) is 18.1. The molecule has 0 unspecified atom stereocenters. The van der Waals surface area contributed by atoms with Crippen LogP contribution in [0.2, 0.25) is 0 Å². The molecule has 2 aromatic rings. The average Bonchev–Trinajstić information content (AvgIpc) is 3.10. The summed E-state index contributed by atoms with van der Waals surface area (Å²) in [5.41, 5.74) is 2.40. The molecular formula is C18H23N3O4. The van der Waals surface area contributed by atoms with Crippen LogP contribution in [0, 0.1) is 0 Å². The molecule has 7 heteroatoms. The number of ether oxygens (including phenoxy) is 2. The first-order valence-electron chi connectivity index (χ1n) is 8.10. The van der Waals surface area contributed by atoms with E-state index in [1.165, 1.54) is 6.21 Å². The number of amides is 1. The number of benzene rings is 1. The monoisotopic (exact) mass is 345 g/mol. The highest BCUT2D eigenvalue weighted by molar-refractivity contribution is 5.81. The second-order valence-corrected chi connectivity index (χ2v) is 5.08. The van der Waals surface area contributed by atoms with E-state index in [2.05, 4.69) is 29.3 Å². The summed E-state index contributed by atoms with van der Waals surface area (Å²) in [6, 6.07) is 10.8. The Hall–Kier alpha value is -2.96. The second-order valence-electron chi connectivity index (χ2n) is 5.08. The van der Waals surface area contributed by atoms with Gasteiger partial charge in [-0.3, -0.25) is 4.79 Å². The summed E-state index contributed by atoms with van der Waals surface area (Å²) >= 11 is 0. The van der Waals surface area contributed by atoms with Crippen molar-refractivity contribution in [2.45, 2.75) is 13.8 Å². The van der Waals surface area contributed by atoms with Crippen LogP contribution in [0.1, 0.15) is 19.6 Å². The van der Waals surface area contributed by atoms with Crippen molar-refractivity contribution >= 4 is 18.0 Å². The van der Waals surface area contributed by atoms with Crippen molar-refractivity contribution in [3.8, 4) is 11.5 Å². The highest BCUT2D eigenvalue weighted by Gasteiger charge is 2.07. The van der Waals surface area contributed by atoms with Crippen LogP contribution in [0.5, 0.6) is 11.5 Å². The fourth-order valence-corrected chi connectivity index (χ4v) is 2.20. The number of nitrogens with zero attached hydrogens (tertiary/aromatic N) is 2. The van der Waals surface area contributed by atoms with Gasteiger partial charge in [-0.2, -0.15) is 5.10 Å². The largest absolute Gasteiger partial charge is 0.493 e. The molecule has 0 saturated heterocycles. The molecule has 1 aromatic heterocycles. The lowest BCUT2D eigenvalue weighted by Gasteiger charge is -2.16. The quantitative estimate of drug-likeness (QED) is 0.558. The topological polar surface area (TPSA) is 76.3 Å². The number of para-hydroxylation sites is 2. The van der Waals surface area contributed by atoms with Gasteiger partial charge in [-0.1, -0.05) is 12.1 Å². The Bertz CT molecular complexity index is 708. The van der Waals surface area contributed by atoms with E-state index in [0.717, 1.165) is 19.0 Å². The summed E-state index contributed by atoms with van der Waals surface area (Å²) < 4.78 is 16.2. The maximum absolute atomic E-state index is 11.8. The smallest absolute Gasteiger partial charge is 0.277 e. The van der Waals surface area contributed by atoms with Crippen LogP contribution in [-0.2, 0) is 4.79 Å². The van der Waals surface area contributed by atoms with Gasteiger partial charge in [-0.05, 0) is 32.0 Å². The van der Waals surface area contributed by atoms with Crippen molar-refractivity contribution < 1.29 is 18.7 Å². The Kier molecular flexibility index (Phi) is 6.88. The third kappa shape index (κ3) is 5.27. The highest BCUT2D eigenvalue weighted by Crippen LogP contribution is 2.25. The summed E-state index contributed by atoms with van der Waals surface area (Å²) in [6.45, 7) is 5.67. The lowest BCUT2D eigenvalue weighted by Crippen LogP contribution is -2.24. The van der Waals surface area contributed by atoms with Crippen molar-refractivity contribution in [2.75, 3.05) is 31.7 Å². The van der Waals surface area contributed by atoms with E-state index in [1.54, 1.807) is 31.4 Å². The Balaban J connectivity index is 1.82. The number of carbonyl (C=O) groups is 1. The third-order valence-corrected chi connectivity index (χ3v) is 3.50. The van der Waals surface area contributed by atoms with E-state index in [0.29, 0.717) is 17.3 Å². The van der Waals surface area contributed by atoms with E-state index < -0.39 is 0 Å². The predicted molar refractivity (Wildman–Crippen MR) is 96.5 cm³/mol. The van der Waals surface area contributed by atoms with Crippen LogP contribution in [-0.4, -0.2) is 38.9 Å². The molecule has 1 N–H and O–H groups in total. The van der Waals surface area contributed by atoms with E-state index in [-0.39, 0.29) is 12.5 Å². The van der Waals surface area contributed by atoms with Crippen LogP contribution >= 0.6 is 0 Å². The molecule has 0 aliphatic heterocycles. The molecule has 1 amide bonds. The normalized spacial score (nSPS) is 10.7. The van der Waals surface area contributed by atoms with Crippen LogP contribution in [0.4, 0.5) is 5.88 Å².